The maximum atomic E-state index is 12.3. The lowest BCUT2D eigenvalue weighted by Crippen LogP contribution is -2.49. The van der Waals surface area contributed by atoms with Crippen molar-refractivity contribution in [3.63, 3.8) is 0 Å². The minimum absolute atomic E-state index is 0.181. The summed E-state index contributed by atoms with van der Waals surface area (Å²) in [5.74, 6) is -1.23. The molecule has 1 aliphatic heterocycles. The van der Waals surface area contributed by atoms with Gasteiger partial charge in [0.15, 0.2) is 17.2 Å². The van der Waals surface area contributed by atoms with Crippen LogP contribution in [-0.2, 0) is 0 Å². The number of piperazine rings is 1. The van der Waals surface area contributed by atoms with Crippen molar-refractivity contribution in [1.29, 1.82) is 0 Å². The average molecular weight is 294 g/mol. The maximum Gasteiger partial charge on any atom is 0.254 e. The monoisotopic (exact) mass is 294 g/mol. The number of phenols is 3. The third-order valence-corrected chi connectivity index (χ3v) is 3.60. The standard InChI is InChI=1S/C15H22N2O4/c1-10(2)9-16-3-5-17(6-4-16)15(21)11-7-12(18)14(20)13(19)8-11/h7-8,10,18-20H,3-6,9H2,1-2H3. The molecule has 0 saturated carbocycles. The average Bonchev–Trinajstić information content (AvgIpc) is 2.43. The van der Waals surface area contributed by atoms with Crippen molar-refractivity contribution in [2.75, 3.05) is 32.7 Å². The Bertz CT molecular complexity index is 499. The molecule has 0 aromatic heterocycles. The van der Waals surface area contributed by atoms with Gasteiger partial charge in [0.2, 0.25) is 0 Å². The van der Waals surface area contributed by atoms with E-state index in [0.29, 0.717) is 19.0 Å². The second kappa shape index (κ2) is 6.22. The minimum Gasteiger partial charge on any atom is -0.504 e. The van der Waals surface area contributed by atoms with E-state index in [1.165, 1.54) is 12.1 Å². The molecule has 1 aromatic carbocycles. The van der Waals surface area contributed by atoms with Crippen molar-refractivity contribution < 1.29 is 20.1 Å². The summed E-state index contributed by atoms with van der Waals surface area (Å²) >= 11 is 0. The Hall–Kier alpha value is -1.95. The molecule has 21 heavy (non-hydrogen) atoms. The van der Waals surface area contributed by atoms with E-state index in [2.05, 4.69) is 18.7 Å². The fourth-order valence-electron chi connectivity index (χ4n) is 2.56. The molecule has 0 bridgehead atoms. The summed E-state index contributed by atoms with van der Waals surface area (Å²) in [7, 11) is 0. The van der Waals surface area contributed by atoms with Gasteiger partial charge >= 0.3 is 0 Å². The Balaban J connectivity index is 2.02. The largest absolute Gasteiger partial charge is 0.504 e. The van der Waals surface area contributed by atoms with Crippen LogP contribution in [0.25, 0.3) is 0 Å². The van der Waals surface area contributed by atoms with Gasteiger partial charge in [0, 0.05) is 38.3 Å². The highest BCUT2D eigenvalue weighted by Gasteiger charge is 2.23. The summed E-state index contributed by atoms with van der Waals surface area (Å²) in [6.45, 7) is 8.23. The molecule has 0 aliphatic carbocycles. The highest BCUT2D eigenvalue weighted by atomic mass is 16.3. The van der Waals surface area contributed by atoms with Gasteiger partial charge < -0.3 is 20.2 Å². The van der Waals surface area contributed by atoms with Gasteiger partial charge in [-0.05, 0) is 18.1 Å². The maximum absolute atomic E-state index is 12.3. The van der Waals surface area contributed by atoms with E-state index in [-0.39, 0.29) is 11.5 Å². The summed E-state index contributed by atoms with van der Waals surface area (Å²) in [6.07, 6.45) is 0. The molecule has 6 heteroatoms. The lowest BCUT2D eigenvalue weighted by atomic mass is 10.1. The number of rotatable bonds is 3. The normalized spacial score (nSPS) is 16.4. The van der Waals surface area contributed by atoms with E-state index in [4.69, 9.17) is 0 Å². The zero-order valence-electron chi connectivity index (χ0n) is 12.4. The van der Waals surface area contributed by atoms with Gasteiger partial charge in [0.1, 0.15) is 0 Å². The van der Waals surface area contributed by atoms with Gasteiger partial charge in [-0.1, -0.05) is 13.8 Å². The van der Waals surface area contributed by atoms with Crippen LogP contribution in [0.15, 0.2) is 12.1 Å². The van der Waals surface area contributed by atoms with Crippen molar-refractivity contribution in [1.82, 2.24) is 9.80 Å². The van der Waals surface area contributed by atoms with Crippen molar-refractivity contribution >= 4 is 5.91 Å². The number of carbonyl (C=O) groups is 1. The van der Waals surface area contributed by atoms with E-state index in [9.17, 15) is 20.1 Å². The van der Waals surface area contributed by atoms with Crippen LogP contribution in [0.4, 0.5) is 0 Å². The zero-order chi connectivity index (χ0) is 15.6. The number of phenolic OH excluding ortho intramolecular Hbond substituents is 3. The van der Waals surface area contributed by atoms with Gasteiger partial charge in [-0.3, -0.25) is 9.69 Å². The molecule has 1 aliphatic rings. The molecule has 1 fully saturated rings. The molecule has 1 aromatic rings. The number of nitrogens with zero attached hydrogens (tertiary/aromatic N) is 2. The first-order chi connectivity index (χ1) is 9.88. The fraction of sp³-hybridized carbons (Fsp3) is 0.533. The van der Waals surface area contributed by atoms with Gasteiger partial charge in [0.05, 0.1) is 0 Å². The van der Waals surface area contributed by atoms with Crippen LogP contribution in [0.5, 0.6) is 17.2 Å². The molecule has 0 spiro atoms. The predicted octanol–water partition coefficient (Wildman–Crippen LogP) is 1.22. The molecular weight excluding hydrogens is 272 g/mol. The molecule has 1 amide bonds. The topological polar surface area (TPSA) is 84.2 Å². The van der Waals surface area contributed by atoms with E-state index in [1.54, 1.807) is 4.90 Å². The molecule has 0 unspecified atom stereocenters. The molecule has 3 N–H and O–H groups in total. The summed E-state index contributed by atoms with van der Waals surface area (Å²) in [5, 5.41) is 28.3. The van der Waals surface area contributed by atoms with Crippen molar-refractivity contribution in [3.05, 3.63) is 17.7 Å². The highest BCUT2D eigenvalue weighted by Crippen LogP contribution is 2.35. The van der Waals surface area contributed by atoms with E-state index in [0.717, 1.165) is 19.6 Å². The summed E-state index contributed by atoms with van der Waals surface area (Å²) < 4.78 is 0. The van der Waals surface area contributed by atoms with Crippen LogP contribution in [0.2, 0.25) is 0 Å². The summed E-state index contributed by atoms with van der Waals surface area (Å²) in [6, 6.07) is 2.36. The second-order valence-electron chi connectivity index (χ2n) is 5.85. The predicted molar refractivity (Wildman–Crippen MR) is 78.6 cm³/mol. The highest BCUT2D eigenvalue weighted by molar-refractivity contribution is 5.95. The molecule has 0 atom stereocenters. The molecule has 0 radical (unpaired) electrons. The molecule has 2 rings (SSSR count). The van der Waals surface area contributed by atoms with Gasteiger partial charge in [-0.2, -0.15) is 0 Å². The number of hydrogen-bond acceptors (Lipinski definition) is 5. The van der Waals surface area contributed by atoms with Gasteiger partial charge in [0.25, 0.3) is 5.91 Å². The minimum atomic E-state index is -0.603. The Kier molecular flexibility index (Phi) is 4.57. The number of hydrogen-bond donors (Lipinski definition) is 3. The van der Waals surface area contributed by atoms with Gasteiger partial charge in [-0.15, -0.1) is 0 Å². The third kappa shape index (κ3) is 3.58. The number of benzene rings is 1. The lowest BCUT2D eigenvalue weighted by Gasteiger charge is -2.35. The third-order valence-electron chi connectivity index (χ3n) is 3.60. The van der Waals surface area contributed by atoms with E-state index < -0.39 is 17.2 Å². The Morgan fingerprint density at radius 2 is 1.62 bits per heavy atom. The fourth-order valence-corrected chi connectivity index (χ4v) is 2.56. The first-order valence-corrected chi connectivity index (χ1v) is 7.15. The van der Waals surface area contributed by atoms with Crippen molar-refractivity contribution in [2.24, 2.45) is 5.92 Å². The number of amides is 1. The Morgan fingerprint density at radius 1 is 1.10 bits per heavy atom. The molecule has 1 saturated heterocycles. The van der Waals surface area contributed by atoms with Gasteiger partial charge in [-0.25, -0.2) is 0 Å². The first-order valence-electron chi connectivity index (χ1n) is 7.15. The van der Waals surface area contributed by atoms with Crippen LogP contribution >= 0.6 is 0 Å². The second-order valence-corrected chi connectivity index (χ2v) is 5.85. The number of aromatic hydroxyl groups is 3. The quantitative estimate of drug-likeness (QED) is 0.730. The molecule has 6 nitrogen and oxygen atoms in total. The Labute approximate surface area is 124 Å². The SMILES string of the molecule is CC(C)CN1CCN(C(=O)c2cc(O)c(O)c(O)c2)CC1. The lowest BCUT2D eigenvalue weighted by molar-refractivity contribution is 0.0623. The van der Waals surface area contributed by atoms with Crippen LogP contribution in [-0.4, -0.2) is 63.8 Å². The first kappa shape index (κ1) is 15.4. The van der Waals surface area contributed by atoms with Crippen molar-refractivity contribution in [3.8, 4) is 17.2 Å². The zero-order valence-corrected chi connectivity index (χ0v) is 12.4. The van der Waals surface area contributed by atoms with Crippen molar-refractivity contribution in [2.45, 2.75) is 13.8 Å². The van der Waals surface area contributed by atoms with Crippen LogP contribution in [0.3, 0.4) is 0 Å². The van der Waals surface area contributed by atoms with Crippen LogP contribution in [0.1, 0.15) is 24.2 Å². The van der Waals surface area contributed by atoms with E-state index in [1.807, 2.05) is 0 Å². The molecule has 1 heterocycles. The smallest absolute Gasteiger partial charge is 0.254 e. The summed E-state index contributed by atoms with van der Waals surface area (Å²) in [4.78, 5) is 16.4. The van der Waals surface area contributed by atoms with E-state index >= 15 is 0 Å². The number of carbonyl (C=O) groups excluding carboxylic acids is 1. The molecule has 116 valence electrons. The summed E-state index contributed by atoms with van der Waals surface area (Å²) in [5.41, 5.74) is 0.181. The van der Waals surface area contributed by atoms with Crippen LogP contribution in [0, 0.1) is 5.92 Å². The molecular formula is C15H22N2O4. The Morgan fingerprint density at radius 3 is 2.10 bits per heavy atom. The van der Waals surface area contributed by atoms with Crippen LogP contribution < -0.4 is 0 Å².